The fourth-order valence-corrected chi connectivity index (χ4v) is 3.49. The summed E-state index contributed by atoms with van der Waals surface area (Å²) in [6.45, 7) is 10.1. The lowest BCUT2D eigenvalue weighted by Gasteiger charge is -2.13. The van der Waals surface area contributed by atoms with Crippen LogP contribution < -0.4 is 0 Å². The van der Waals surface area contributed by atoms with Crippen LogP contribution in [0.1, 0.15) is 56.0 Å². The predicted octanol–water partition coefficient (Wildman–Crippen LogP) is 3.94. The van der Waals surface area contributed by atoms with Gasteiger partial charge in [-0.3, -0.25) is 4.21 Å². The maximum absolute atomic E-state index is 12.7. The zero-order valence-electron chi connectivity index (χ0n) is 14.7. The Labute approximate surface area is 144 Å². The van der Waals surface area contributed by atoms with Crippen LogP contribution in [0.15, 0.2) is 35.0 Å². The monoisotopic (exact) mass is 345 g/mol. The second-order valence-electron chi connectivity index (χ2n) is 7.11. The third-order valence-electron chi connectivity index (χ3n) is 4.04. The lowest BCUT2D eigenvalue weighted by molar-refractivity contribution is 0.382. The van der Waals surface area contributed by atoms with Crippen molar-refractivity contribution in [2.45, 2.75) is 51.0 Å². The van der Waals surface area contributed by atoms with Crippen molar-refractivity contribution < 1.29 is 8.63 Å². The highest BCUT2D eigenvalue weighted by molar-refractivity contribution is 7.84. The van der Waals surface area contributed by atoms with Crippen molar-refractivity contribution in [3.05, 3.63) is 53.6 Å². The molecule has 0 radical (unpaired) electrons. The van der Waals surface area contributed by atoms with Crippen LogP contribution >= 0.6 is 0 Å². The van der Waals surface area contributed by atoms with Gasteiger partial charge in [-0.2, -0.15) is 0 Å². The van der Waals surface area contributed by atoms with Crippen molar-refractivity contribution in [2.24, 2.45) is 0 Å². The molecule has 0 aliphatic rings. The molecule has 0 amide bonds. The van der Waals surface area contributed by atoms with E-state index in [0.717, 1.165) is 22.8 Å². The van der Waals surface area contributed by atoms with Crippen LogP contribution in [0.5, 0.6) is 0 Å². The molecule has 0 saturated carbocycles. The SMILES string of the molecule is Cc1cccc2nc(C[S@](=O)[C@@H](C)c3ncc(C(C)(C)C)o3)cn12. The van der Waals surface area contributed by atoms with Gasteiger partial charge in [0.05, 0.1) is 17.6 Å². The number of nitrogens with zero attached hydrogens (tertiary/aromatic N) is 3. The molecular weight excluding hydrogens is 322 g/mol. The standard InChI is InChI=1S/C18H23N3O2S/c1-12-7-6-8-16-20-14(10-21(12)16)11-24(22)13(2)17-19-9-15(23-17)18(3,4)5/h6-10,13H,11H2,1-5H3/t13-,24-/m0/s1. The Hall–Kier alpha value is -1.95. The minimum atomic E-state index is -1.15. The van der Waals surface area contributed by atoms with Gasteiger partial charge in [-0.25, -0.2) is 9.97 Å². The van der Waals surface area contributed by atoms with Crippen LogP contribution in [0.25, 0.3) is 5.65 Å². The smallest absolute Gasteiger partial charge is 0.209 e. The normalized spacial score (nSPS) is 14.9. The zero-order valence-corrected chi connectivity index (χ0v) is 15.6. The molecule has 0 fully saturated rings. The number of aromatic nitrogens is 3. The summed E-state index contributed by atoms with van der Waals surface area (Å²) in [7, 11) is -1.15. The summed E-state index contributed by atoms with van der Waals surface area (Å²) >= 11 is 0. The van der Waals surface area contributed by atoms with E-state index in [0.29, 0.717) is 11.6 Å². The van der Waals surface area contributed by atoms with Crippen LogP contribution in [0.3, 0.4) is 0 Å². The van der Waals surface area contributed by atoms with Crippen LogP contribution in [0, 0.1) is 6.92 Å². The number of hydrogen-bond donors (Lipinski definition) is 0. The molecule has 0 N–H and O–H groups in total. The third kappa shape index (κ3) is 3.29. The summed E-state index contributed by atoms with van der Waals surface area (Å²) < 4.78 is 20.5. The average molecular weight is 345 g/mol. The molecule has 5 nitrogen and oxygen atoms in total. The maximum atomic E-state index is 12.7. The van der Waals surface area contributed by atoms with E-state index in [1.807, 2.05) is 42.6 Å². The Morgan fingerprint density at radius 3 is 2.71 bits per heavy atom. The third-order valence-corrected chi connectivity index (χ3v) is 5.61. The van der Waals surface area contributed by atoms with E-state index < -0.39 is 10.8 Å². The number of oxazole rings is 1. The van der Waals surface area contributed by atoms with Gasteiger partial charge in [-0.15, -0.1) is 0 Å². The van der Waals surface area contributed by atoms with Gasteiger partial charge >= 0.3 is 0 Å². The molecule has 0 aromatic carbocycles. The highest BCUT2D eigenvalue weighted by Crippen LogP contribution is 2.27. The maximum Gasteiger partial charge on any atom is 0.209 e. The first-order valence-corrected chi connectivity index (χ1v) is 9.41. The largest absolute Gasteiger partial charge is 0.444 e. The first-order chi connectivity index (χ1) is 11.3. The molecule has 6 heteroatoms. The number of aryl methyl sites for hydroxylation is 1. The molecule has 3 heterocycles. The molecule has 24 heavy (non-hydrogen) atoms. The van der Waals surface area contributed by atoms with E-state index in [1.165, 1.54) is 0 Å². The molecule has 3 rings (SSSR count). The van der Waals surface area contributed by atoms with Crippen LogP contribution in [-0.4, -0.2) is 18.6 Å². The summed E-state index contributed by atoms with van der Waals surface area (Å²) in [5, 5.41) is -0.271. The van der Waals surface area contributed by atoms with Crippen molar-refractivity contribution in [2.75, 3.05) is 0 Å². The second kappa shape index (κ2) is 6.16. The topological polar surface area (TPSA) is 60.4 Å². The van der Waals surface area contributed by atoms with Gasteiger partial charge in [0, 0.05) is 28.1 Å². The summed E-state index contributed by atoms with van der Waals surface area (Å²) in [6, 6.07) is 5.95. The molecule has 128 valence electrons. The zero-order chi connectivity index (χ0) is 17.5. The molecule has 0 bridgehead atoms. The Balaban J connectivity index is 1.78. The number of pyridine rings is 1. The first-order valence-electron chi connectivity index (χ1n) is 8.02. The minimum Gasteiger partial charge on any atom is -0.444 e. The van der Waals surface area contributed by atoms with Crippen molar-refractivity contribution in [1.29, 1.82) is 0 Å². The van der Waals surface area contributed by atoms with Gasteiger partial charge in [0.2, 0.25) is 5.89 Å². The molecule has 0 saturated heterocycles. The molecule has 0 spiro atoms. The molecule has 0 aliphatic heterocycles. The van der Waals surface area contributed by atoms with Gasteiger partial charge < -0.3 is 8.82 Å². The minimum absolute atomic E-state index is 0.106. The van der Waals surface area contributed by atoms with Crippen molar-refractivity contribution in [3.8, 4) is 0 Å². The van der Waals surface area contributed by atoms with Crippen molar-refractivity contribution in [1.82, 2.24) is 14.4 Å². The Bertz CT molecular complexity index is 889. The lowest BCUT2D eigenvalue weighted by atomic mass is 9.94. The van der Waals surface area contributed by atoms with E-state index in [-0.39, 0.29) is 10.7 Å². The second-order valence-corrected chi connectivity index (χ2v) is 8.86. The van der Waals surface area contributed by atoms with Gasteiger partial charge in [0.25, 0.3) is 0 Å². The van der Waals surface area contributed by atoms with Gasteiger partial charge in [-0.05, 0) is 26.0 Å². The molecule has 3 aromatic rings. The van der Waals surface area contributed by atoms with E-state index >= 15 is 0 Å². The lowest BCUT2D eigenvalue weighted by Crippen LogP contribution is -2.09. The highest BCUT2D eigenvalue weighted by atomic mass is 32.2. The Morgan fingerprint density at radius 1 is 1.33 bits per heavy atom. The molecule has 2 atom stereocenters. The highest BCUT2D eigenvalue weighted by Gasteiger charge is 2.24. The quantitative estimate of drug-likeness (QED) is 0.718. The first kappa shape index (κ1) is 16.9. The van der Waals surface area contributed by atoms with Crippen LogP contribution in [0.2, 0.25) is 0 Å². The summed E-state index contributed by atoms with van der Waals surface area (Å²) in [5.41, 5.74) is 2.69. The van der Waals surface area contributed by atoms with Crippen LogP contribution in [0.4, 0.5) is 0 Å². The number of hydrogen-bond acceptors (Lipinski definition) is 4. The van der Waals surface area contributed by atoms with E-state index in [4.69, 9.17) is 4.42 Å². The summed E-state index contributed by atoms with van der Waals surface area (Å²) in [6.07, 6.45) is 3.68. The number of fused-ring (bicyclic) bond motifs is 1. The number of imidazole rings is 1. The molecule has 0 aliphatic carbocycles. The van der Waals surface area contributed by atoms with E-state index in [9.17, 15) is 4.21 Å². The van der Waals surface area contributed by atoms with Crippen molar-refractivity contribution >= 4 is 16.4 Å². The van der Waals surface area contributed by atoms with E-state index in [2.05, 4.69) is 30.7 Å². The van der Waals surface area contributed by atoms with Gasteiger partial charge in [-0.1, -0.05) is 26.8 Å². The van der Waals surface area contributed by atoms with Gasteiger partial charge in [0.15, 0.2) is 0 Å². The summed E-state index contributed by atoms with van der Waals surface area (Å²) in [4.78, 5) is 8.87. The van der Waals surface area contributed by atoms with Gasteiger partial charge in [0.1, 0.15) is 16.7 Å². The molecular formula is C18H23N3O2S. The Kier molecular flexibility index (Phi) is 4.34. The molecule has 3 aromatic heterocycles. The van der Waals surface area contributed by atoms with Crippen LogP contribution in [-0.2, 0) is 22.0 Å². The van der Waals surface area contributed by atoms with E-state index in [1.54, 1.807) is 6.20 Å². The fourth-order valence-electron chi connectivity index (χ4n) is 2.47. The number of rotatable bonds is 4. The summed E-state index contributed by atoms with van der Waals surface area (Å²) in [5.74, 6) is 1.72. The van der Waals surface area contributed by atoms with Crippen molar-refractivity contribution in [3.63, 3.8) is 0 Å². The predicted molar refractivity (Wildman–Crippen MR) is 95.4 cm³/mol. The Morgan fingerprint density at radius 2 is 2.08 bits per heavy atom. The fraction of sp³-hybridized carbons (Fsp3) is 0.444. The average Bonchev–Trinajstić information content (AvgIpc) is 3.13. The molecule has 0 unspecified atom stereocenters.